The van der Waals surface area contributed by atoms with E-state index in [1.807, 2.05) is 13.8 Å². The van der Waals surface area contributed by atoms with Gasteiger partial charge in [-0.2, -0.15) is 0 Å². The molecule has 0 aliphatic rings. The summed E-state index contributed by atoms with van der Waals surface area (Å²) in [6, 6.07) is 0.151. The second-order valence-corrected chi connectivity index (χ2v) is 4.55. The molecular weight excluding hydrogens is 212 g/mol. The maximum atomic E-state index is 11.8. The number of nitrogens with zero attached hydrogens (tertiary/aromatic N) is 2. The van der Waals surface area contributed by atoms with Crippen molar-refractivity contribution in [3.63, 3.8) is 0 Å². The van der Waals surface area contributed by atoms with Crippen molar-refractivity contribution in [2.24, 2.45) is 0 Å². The van der Waals surface area contributed by atoms with Crippen LogP contribution in [0.15, 0.2) is 22.2 Å². The molecule has 1 heterocycles. The van der Waals surface area contributed by atoms with Crippen LogP contribution in [0.3, 0.4) is 0 Å². The maximum absolute atomic E-state index is 11.8. The number of hydrogen-bond acceptors (Lipinski definition) is 4. The van der Waals surface area contributed by atoms with Crippen molar-refractivity contribution in [3.05, 3.63) is 22.7 Å². The molecule has 0 atom stereocenters. The molecule has 0 saturated heterocycles. The lowest BCUT2D eigenvalue weighted by Crippen LogP contribution is -2.23. The third kappa shape index (κ3) is 3.35. The van der Waals surface area contributed by atoms with Crippen LogP contribution in [-0.2, 0) is 0 Å². The van der Waals surface area contributed by atoms with Crippen LogP contribution in [0.1, 0.15) is 26.3 Å². The maximum Gasteiger partial charge on any atom is 0.283 e. The number of aliphatic hydroxyl groups is 1. The zero-order valence-corrected chi connectivity index (χ0v) is 9.83. The van der Waals surface area contributed by atoms with Crippen molar-refractivity contribution < 1.29 is 5.11 Å². The van der Waals surface area contributed by atoms with E-state index in [0.717, 1.165) is 5.75 Å². The lowest BCUT2D eigenvalue weighted by Gasteiger charge is -2.09. The van der Waals surface area contributed by atoms with Crippen LogP contribution >= 0.6 is 11.8 Å². The van der Waals surface area contributed by atoms with Gasteiger partial charge in [-0.25, -0.2) is 4.98 Å². The van der Waals surface area contributed by atoms with Gasteiger partial charge in [-0.3, -0.25) is 4.79 Å². The van der Waals surface area contributed by atoms with E-state index in [4.69, 9.17) is 5.11 Å². The van der Waals surface area contributed by atoms with Crippen LogP contribution < -0.4 is 5.56 Å². The normalized spacial score (nSPS) is 10.9. The number of aromatic nitrogens is 2. The highest BCUT2D eigenvalue weighted by Crippen LogP contribution is 2.11. The number of thioether (sulfide) groups is 1. The van der Waals surface area contributed by atoms with Crippen LogP contribution in [-0.4, -0.2) is 27.0 Å². The first-order valence-electron chi connectivity index (χ1n) is 4.97. The Bertz CT molecular complexity index is 363. The molecule has 4 nitrogen and oxygen atoms in total. The first-order valence-corrected chi connectivity index (χ1v) is 5.96. The monoisotopic (exact) mass is 228 g/mol. The molecule has 0 amide bonds. The molecule has 0 aliphatic heterocycles. The molecule has 0 bridgehead atoms. The van der Waals surface area contributed by atoms with Gasteiger partial charge in [-0.05, 0) is 20.3 Å². The average Bonchev–Trinajstić information content (AvgIpc) is 2.20. The molecule has 5 heteroatoms. The van der Waals surface area contributed by atoms with Gasteiger partial charge < -0.3 is 9.67 Å². The smallest absolute Gasteiger partial charge is 0.283 e. The molecule has 0 aromatic carbocycles. The summed E-state index contributed by atoms with van der Waals surface area (Å²) in [5.74, 6) is 0.723. The molecule has 1 aromatic rings. The van der Waals surface area contributed by atoms with Gasteiger partial charge in [-0.15, -0.1) is 11.8 Å². The highest BCUT2D eigenvalue weighted by molar-refractivity contribution is 7.99. The average molecular weight is 228 g/mol. The summed E-state index contributed by atoms with van der Waals surface area (Å²) in [6.07, 6.45) is 4.02. The Balaban J connectivity index is 2.81. The summed E-state index contributed by atoms with van der Waals surface area (Å²) >= 11 is 1.40. The van der Waals surface area contributed by atoms with Crippen LogP contribution in [0.5, 0.6) is 0 Å². The summed E-state index contributed by atoms with van der Waals surface area (Å²) in [5, 5.41) is 9.15. The predicted molar refractivity (Wildman–Crippen MR) is 61.3 cm³/mol. The topological polar surface area (TPSA) is 55.1 Å². The largest absolute Gasteiger partial charge is 0.396 e. The minimum absolute atomic E-state index is 0.0459. The van der Waals surface area contributed by atoms with Gasteiger partial charge in [0.25, 0.3) is 5.56 Å². The van der Waals surface area contributed by atoms with E-state index < -0.39 is 0 Å². The second-order valence-electron chi connectivity index (χ2n) is 3.46. The van der Waals surface area contributed by atoms with Crippen molar-refractivity contribution >= 4 is 11.8 Å². The summed E-state index contributed by atoms with van der Waals surface area (Å²) in [7, 11) is 0. The van der Waals surface area contributed by atoms with E-state index in [-0.39, 0.29) is 18.2 Å². The van der Waals surface area contributed by atoms with Gasteiger partial charge in [0.1, 0.15) is 0 Å². The molecule has 1 rings (SSSR count). The Labute approximate surface area is 93.3 Å². The highest BCUT2D eigenvalue weighted by Gasteiger charge is 2.06. The van der Waals surface area contributed by atoms with Crippen molar-refractivity contribution in [2.45, 2.75) is 31.3 Å². The number of aliphatic hydroxyl groups excluding tert-OH is 1. The zero-order chi connectivity index (χ0) is 11.3. The van der Waals surface area contributed by atoms with Crippen molar-refractivity contribution in [1.29, 1.82) is 0 Å². The van der Waals surface area contributed by atoms with Gasteiger partial charge >= 0.3 is 0 Å². The van der Waals surface area contributed by atoms with Crippen molar-refractivity contribution in [3.8, 4) is 0 Å². The molecule has 0 saturated carbocycles. The summed E-state index contributed by atoms with van der Waals surface area (Å²) in [4.78, 5) is 15.9. The molecule has 1 N–H and O–H groups in total. The first-order chi connectivity index (χ1) is 7.16. The molecule has 0 aliphatic carbocycles. The van der Waals surface area contributed by atoms with E-state index in [2.05, 4.69) is 4.98 Å². The molecule has 0 spiro atoms. The van der Waals surface area contributed by atoms with Crippen LogP contribution in [0.4, 0.5) is 0 Å². The van der Waals surface area contributed by atoms with Gasteiger partial charge in [-0.1, -0.05) is 0 Å². The Morgan fingerprint density at radius 3 is 2.93 bits per heavy atom. The highest BCUT2D eigenvalue weighted by atomic mass is 32.2. The fraction of sp³-hybridized carbons (Fsp3) is 0.600. The first kappa shape index (κ1) is 12.3. The van der Waals surface area contributed by atoms with Gasteiger partial charge in [0, 0.05) is 30.8 Å². The molecule has 84 valence electrons. The molecule has 1 aromatic heterocycles. The van der Waals surface area contributed by atoms with Crippen LogP contribution in [0.25, 0.3) is 0 Å². The summed E-state index contributed by atoms with van der Waals surface area (Å²) in [5.41, 5.74) is -0.0459. The van der Waals surface area contributed by atoms with Crippen LogP contribution in [0.2, 0.25) is 0 Å². The summed E-state index contributed by atoms with van der Waals surface area (Å²) in [6.45, 7) is 4.07. The fourth-order valence-electron chi connectivity index (χ4n) is 1.15. The number of rotatable bonds is 5. The SMILES string of the molecule is CC(C)n1ccnc(SCCCO)c1=O. The van der Waals surface area contributed by atoms with Gasteiger partial charge in [0.15, 0.2) is 5.03 Å². The van der Waals surface area contributed by atoms with E-state index >= 15 is 0 Å². The lowest BCUT2D eigenvalue weighted by atomic mass is 10.4. The molecule has 0 unspecified atom stereocenters. The Hall–Kier alpha value is -0.810. The predicted octanol–water partition coefficient (Wildman–Crippen LogP) is 1.30. The van der Waals surface area contributed by atoms with E-state index in [1.165, 1.54) is 11.8 Å². The minimum atomic E-state index is -0.0459. The number of hydrogen-bond donors (Lipinski definition) is 1. The lowest BCUT2D eigenvalue weighted by molar-refractivity contribution is 0.296. The molecular formula is C10H16N2O2S. The van der Waals surface area contributed by atoms with E-state index in [9.17, 15) is 4.79 Å². The molecule has 0 radical (unpaired) electrons. The minimum Gasteiger partial charge on any atom is -0.396 e. The molecule has 15 heavy (non-hydrogen) atoms. The van der Waals surface area contributed by atoms with Gasteiger partial charge in [0.05, 0.1) is 0 Å². The third-order valence-corrected chi connectivity index (χ3v) is 2.98. The standard InChI is InChI=1S/C10H16N2O2S/c1-8(2)12-5-4-11-9(10(12)14)15-7-3-6-13/h4-5,8,13H,3,6-7H2,1-2H3. The van der Waals surface area contributed by atoms with E-state index in [1.54, 1.807) is 17.0 Å². The summed E-state index contributed by atoms with van der Waals surface area (Å²) < 4.78 is 1.66. The Morgan fingerprint density at radius 1 is 1.60 bits per heavy atom. The van der Waals surface area contributed by atoms with Crippen molar-refractivity contribution in [1.82, 2.24) is 9.55 Å². The van der Waals surface area contributed by atoms with Crippen molar-refractivity contribution in [2.75, 3.05) is 12.4 Å². The van der Waals surface area contributed by atoms with E-state index in [0.29, 0.717) is 11.4 Å². The fourth-order valence-corrected chi connectivity index (χ4v) is 1.98. The third-order valence-electron chi connectivity index (χ3n) is 1.93. The Kier molecular flexibility index (Phi) is 4.84. The Morgan fingerprint density at radius 2 is 2.33 bits per heavy atom. The molecule has 0 fully saturated rings. The second kappa shape index (κ2) is 5.92. The van der Waals surface area contributed by atoms with Gasteiger partial charge in [0.2, 0.25) is 0 Å². The zero-order valence-electron chi connectivity index (χ0n) is 9.01. The van der Waals surface area contributed by atoms with Crippen LogP contribution in [0, 0.1) is 0 Å². The quantitative estimate of drug-likeness (QED) is 0.609.